The molecule has 5 atom stereocenters. The second-order valence-corrected chi connectivity index (χ2v) is 7.63. The van der Waals surface area contributed by atoms with Gasteiger partial charge in [-0.25, -0.2) is 4.79 Å². The average Bonchev–Trinajstić information content (AvgIpc) is 2.80. The summed E-state index contributed by atoms with van der Waals surface area (Å²) in [6.07, 6.45) is 9.33. The van der Waals surface area contributed by atoms with Gasteiger partial charge in [-0.15, -0.1) is 0 Å². The van der Waals surface area contributed by atoms with Crippen LogP contribution in [0.4, 0.5) is 0 Å². The number of oxime groups is 1. The molecule has 0 heterocycles. The number of carboxylic acid groups (broad SMARTS) is 1. The second kappa shape index (κ2) is 10.1. The number of carboxylic acids is 1. The normalized spacial score (nSPS) is 30.8. The fourth-order valence-electron chi connectivity index (χ4n) is 4.30. The van der Waals surface area contributed by atoms with Gasteiger partial charge < -0.3 is 20.2 Å². The summed E-state index contributed by atoms with van der Waals surface area (Å²) in [5, 5.41) is 33.0. The Hall–Kier alpha value is -1.14. The molecule has 0 aromatic carbocycles. The minimum Gasteiger partial charge on any atom is -0.479 e. The van der Waals surface area contributed by atoms with Gasteiger partial charge >= 0.3 is 5.97 Å². The molecule has 6 heteroatoms. The zero-order valence-electron chi connectivity index (χ0n) is 15.3. The molecule has 2 aliphatic rings. The van der Waals surface area contributed by atoms with E-state index in [-0.39, 0.29) is 24.0 Å². The minimum absolute atomic E-state index is 0.221. The molecule has 0 bridgehead atoms. The van der Waals surface area contributed by atoms with Crippen molar-refractivity contribution in [3.63, 3.8) is 0 Å². The summed E-state index contributed by atoms with van der Waals surface area (Å²) in [5.74, 6) is -0.190. The first kappa shape index (κ1) is 20.2. The molecule has 0 saturated heterocycles. The van der Waals surface area contributed by atoms with E-state index < -0.39 is 12.6 Å². The molecular formula is C19H33NO5. The van der Waals surface area contributed by atoms with Crippen LogP contribution in [-0.4, -0.2) is 45.8 Å². The Bertz CT molecular complexity index is 453. The number of aliphatic carboxylic acids is 1. The van der Waals surface area contributed by atoms with Crippen molar-refractivity contribution in [2.45, 2.75) is 83.3 Å². The highest BCUT2D eigenvalue weighted by Gasteiger charge is 2.51. The van der Waals surface area contributed by atoms with Crippen molar-refractivity contribution in [3.8, 4) is 0 Å². The predicted molar refractivity (Wildman–Crippen MR) is 95.4 cm³/mol. The highest BCUT2D eigenvalue weighted by atomic mass is 16.6. The zero-order valence-corrected chi connectivity index (χ0v) is 15.3. The first-order valence-corrected chi connectivity index (χ1v) is 9.79. The summed E-state index contributed by atoms with van der Waals surface area (Å²) in [6.45, 7) is 1.78. The highest BCUT2D eigenvalue weighted by molar-refractivity contribution is 5.93. The van der Waals surface area contributed by atoms with E-state index in [0.29, 0.717) is 12.3 Å². The molecule has 0 spiro atoms. The molecule has 0 aliphatic heterocycles. The summed E-state index contributed by atoms with van der Waals surface area (Å²) in [6, 6.07) is 0. The number of unbranched alkanes of at least 4 members (excludes halogenated alkanes) is 4. The summed E-state index contributed by atoms with van der Waals surface area (Å²) in [7, 11) is 0. The van der Waals surface area contributed by atoms with Gasteiger partial charge in [0.25, 0.3) is 0 Å². The van der Waals surface area contributed by atoms with Crippen LogP contribution in [0.1, 0.15) is 71.1 Å². The van der Waals surface area contributed by atoms with Gasteiger partial charge in [-0.1, -0.05) is 44.2 Å². The van der Waals surface area contributed by atoms with Gasteiger partial charge in [0.2, 0.25) is 6.61 Å². The van der Waals surface area contributed by atoms with Crippen LogP contribution in [0, 0.1) is 17.8 Å². The van der Waals surface area contributed by atoms with Crippen molar-refractivity contribution in [3.05, 3.63) is 0 Å². The third-order valence-electron chi connectivity index (χ3n) is 5.77. The number of aliphatic hydroxyl groups excluding tert-OH is 2. The molecule has 2 aliphatic carbocycles. The van der Waals surface area contributed by atoms with Crippen LogP contribution < -0.4 is 0 Å². The monoisotopic (exact) mass is 355 g/mol. The maximum Gasteiger partial charge on any atom is 0.344 e. The predicted octanol–water partition coefficient (Wildman–Crippen LogP) is 2.96. The van der Waals surface area contributed by atoms with Crippen molar-refractivity contribution in [2.75, 3.05) is 6.61 Å². The Balaban J connectivity index is 1.66. The molecule has 0 aromatic rings. The minimum atomic E-state index is -1.03. The molecule has 2 rings (SSSR count). The van der Waals surface area contributed by atoms with E-state index in [1.54, 1.807) is 0 Å². The zero-order chi connectivity index (χ0) is 18.2. The van der Waals surface area contributed by atoms with E-state index in [1.165, 1.54) is 25.7 Å². The van der Waals surface area contributed by atoms with E-state index >= 15 is 0 Å². The van der Waals surface area contributed by atoms with Crippen molar-refractivity contribution in [2.24, 2.45) is 22.9 Å². The standard InChI is InChI=1S/C19H33NO5/c1-2-3-4-5-6-7-13(21)8-9-14-15-10-17(16(15)11-18(14)22)20-25-12-19(23)24/h13-16,18,21-22H,2-12H2,1H3,(H,23,24). The fourth-order valence-corrected chi connectivity index (χ4v) is 4.30. The van der Waals surface area contributed by atoms with Crippen molar-refractivity contribution >= 4 is 11.7 Å². The number of nitrogens with zero attached hydrogens (tertiary/aromatic N) is 1. The summed E-state index contributed by atoms with van der Waals surface area (Å²) in [5.41, 5.74) is 0.879. The summed E-state index contributed by atoms with van der Waals surface area (Å²) in [4.78, 5) is 15.3. The van der Waals surface area contributed by atoms with Crippen LogP contribution in [0.15, 0.2) is 5.16 Å². The number of rotatable bonds is 12. The van der Waals surface area contributed by atoms with Gasteiger partial charge in [0, 0.05) is 5.92 Å². The average molecular weight is 355 g/mol. The molecule has 144 valence electrons. The van der Waals surface area contributed by atoms with Gasteiger partial charge in [0.05, 0.1) is 17.9 Å². The third-order valence-corrected chi connectivity index (χ3v) is 5.77. The fraction of sp³-hybridized carbons (Fsp3) is 0.895. The van der Waals surface area contributed by atoms with Crippen LogP contribution in [0.5, 0.6) is 0 Å². The van der Waals surface area contributed by atoms with E-state index in [0.717, 1.165) is 37.8 Å². The first-order chi connectivity index (χ1) is 12.0. The maximum absolute atomic E-state index is 10.4. The number of fused-ring (bicyclic) bond motifs is 1. The number of hydrogen-bond donors (Lipinski definition) is 3. The lowest BCUT2D eigenvalue weighted by molar-refractivity contribution is -0.142. The Morgan fingerprint density at radius 1 is 1.28 bits per heavy atom. The topological polar surface area (TPSA) is 99.4 Å². The highest BCUT2D eigenvalue weighted by Crippen LogP contribution is 2.50. The molecular weight excluding hydrogens is 322 g/mol. The number of hydrogen-bond acceptors (Lipinski definition) is 5. The van der Waals surface area contributed by atoms with Gasteiger partial charge in [-0.3, -0.25) is 0 Å². The molecule has 6 nitrogen and oxygen atoms in total. The van der Waals surface area contributed by atoms with Crippen LogP contribution in [0.25, 0.3) is 0 Å². The smallest absolute Gasteiger partial charge is 0.344 e. The maximum atomic E-state index is 10.4. The van der Waals surface area contributed by atoms with Crippen molar-refractivity contribution in [1.82, 2.24) is 0 Å². The lowest BCUT2D eigenvalue weighted by Crippen LogP contribution is -2.37. The van der Waals surface area contributed by atoms with Gasteiger partial charge in [-0.05, 0) is 43.9 Å². The second-order valence-electron chi connectivity index (χ2n) is 7.63. The Kier molecular flexibility index (Phi) is 8.16. The van der Waals surface area contributed by atoms with E-state index in [2.05, 4.69) is 12.1 Å². The van der Waals surface area contributed by atoms with Gasteiger partial charge in [-0.2, -0.15) is 0 Å². The molecule has 5 unspecified atom stereocenters. The number of carbonyl (C=O) groups is 1. The molecule has 2 saturated carbocycles. The number of aliphatic hydroxyl groups is 2. The molecule has 0 amide bonds. The van der Waals surface area contributed by atoms with E-state index in [9.17, 15) is 15.0 Å². The molecule has 2 fully saturated rings. The lowest BCUT2D eigenvalue weighted by atomic mass is 9.70. The first-order valence-electron chi connectivity index (χ1n) is 9.79. The van der Waals surface area contributed by atoms with Crippen LogP contribution in [0.2, 0.25) is 0 Å². The van der Waals surface area contributed by atoms with E-state index in [4.69, 9.17) is 9.94 Å². The summed E-state index contributed by atoms with van der Waals surface area (Å²) < 4.78 is 0. The van der Waals surface area contributed by atoms with Crippen molar-refractivity contribution in [1.29, 1.82) is 0 Å². The Morgan fingerprint density at radius 2 is 2.04 bits per heavy atom. The quantitative estimate of drug-likeness (QED) is 0.369. The summed E-state index contributed by atoms with van der Waals surface area (Å²) >= 11 is 0. The van der Waals surface area contributed by atoms with Crippen LogP contribution in [0.3, 0.4) is 0 Å². The SMILES string of the molecule is CCCCCCCC(O)CCC1C(O)CC2C(=NOCC(=O)O)CC21. The van der Waals surface area contributed by atoms with Crippen molar-refractivity contribution < 1.29 is 25.0 Å². The third kappa shape index (κ3) is 5.96. The van der Waals surface area contributed by atoms with E-state index in [1.807, 2.05) is 0 Å². The van der Waals surface area contributed by atoms with Crippen LogP contribution in [-0.2, 0) is 9.63 Å². The molecule has 0 radical (unpaired) electrons. The van der Waals surface area contributed by atoms with Gasteiger partial charge in [0.1, 0.15) is 0 Å². The lowest BCUT2D eigenvalue weighted by Gasteiger charge is -2.35. The largest absolute Gasteiger partial charge is 0.479 e. The van der Waals surface area contributed by atoms with Crippen LogP contribution >= 0.6 is 0 Å². The van der Waals surface area contributed by atoms with Gasteiger partial charge in [0.15, 0.2) is 0 Å². The molecule has 25 heavy (non-hydrogen) atoms. The molecule has 0 aromatic heterocycles. The Morgan fingerprint density at radius 3 is 2.76 bits per heavy atom. The molecule has 3 N–H and O–H groups in total. The Labute approximate surface area is 150 Å².